The number of carbonyl (C=O) groups excluding carboxylic acids is 1. The van der Waals surface area contributed by atoms with Crippen LogP contribution in [0.1, 0.15) is 42.9 Å². The topological polar surface area (TPSA) is 41.6 Å². The number of amides is 1. The fourth-order valence-corrected chi connectivity index (χ4v) is 3.19. The lowest BCUT2D eigenvalue weighted by molar-refractivity contribution is -0.123. The van der Waals surface area contributed by atoms with E-state index in [4.69, 9.17) is 4.74 Å². The molecule has 0 heterocycles. The van der Waals surface area contributed by atoms with Crippen molar-refractivity contribution in [3.05, 3.63) is 65.7 Å². The van der Waals surface area contributed by atoms with Gasteiger partial charge in [-0.3, -0.25) is 4.79 Å². The van der Waals surface area contributed by atoms with Crippen molar-refractivity contribution >= 4 is 5.91 Å². The fourth-order valence-electron chi connectivity index (χ4n) is 3.19. The van der Waals surface area contributed by atoms with Crippen molar-refractivity contribution in [3.8, 4) is 5.75 Å². The smallest absolute Gasteiger partial charge is 0.227 e. The summed E-state index contributed by atoms with van der Waals surface area (Å²) in [6, 6.07) is 18.1. The third-order valence-electron chi connectivity index (χ3n) is 4.67. The molecule has 0 aromatic heterocycles. The van der Waals surface area contributed by atoms with Crippen molar-refractivity contribution in [2.45, 2.75) is 31.7 Å². The van der Waals surface area contributed by atoms with Gasteiger partial charge in [-0.2, -0.15) is 0 Å². The zero-order valence-electron chi connectivity index (χ0n) is 16.2. The quantitative estimate of drug-likeness (QED) is 0.740. The van der Waals surface area contributed by atoms with E-state index in [9.17, 15) is 4.79 Å². The van der Waals surface area contributed by atoms with Gasteiger partial charge in [-0.1, -0.05) is 55.8 Å². The van der Waals surface area contributed by atoms with Crippen LogP contribution in [0.2, 0.25) is 0 Å². The van der Waals surface area contributed by atoms with E-state index in [-0.39, 0.29) is 17.9 Å². The third-order valence-corrected chi connectivity index (χ3v) is 4.67. The molecular formula is C22H30N2O2. The molecule has 0 aliphatic carbocycles. The average molecular weight is 354 g/mol. The second kappa shape index (κ2) is 9.97. The summed E-state index contributed by atoms with van der Waals surface area (Å²) in [5.41, 5.74) is 2.20. The monoisotopic (exact) mass is 354 g/mol. The van der Waals surface area contributed by atoms with E-state index >= 15 is 0 Å². The molecule has 1 amide bonds. The molecule has 0 bridgehead atoms. The van der Waals surface area contributed by atoms with Crippen molar-refractivity contribution in [1.29, 1.82) is 0 Å². The van der Waals surface area contributed by atoms with Gasteiger partial charge in [0.15, 0.2) is 0 Å². The van der Waals surface area contributed by atoms with Crippen molar-refractivity contribution in [2.24, 2.45) is 0 Å². The van der Waals surface area contributed by atoms with E-state index in [1.807, 2.05) is 62.6 Å². The van der Waals surface area contributed by atoms with Crippen molar-refractivity contribution in [1.82, 2.24) is 10.2 Å². The molecule has 2 aromatic rings. The van der Waals surface area contributed by atoms with E-state index in [2.05, 4.69) is 23.2 Å². The van der Waals surface area contributed by atoms with Crippen LogP contribution in [0, 0.1) is 0 Å². The molecule has 1 N–H and O–H groups in total. The molecule has 2 rings (SSSR count). The minimum atomic E-state index is -0.102. The Labute approximate surface area is 157 Å². The molecule has 0 saturated carbocycles. The average Bonchev–Trinajstić information content (AvgIpc) is 2.66. The Kier molecular flexibility index (Phi) is 7.67. The minimum Gasteiger partial charge on any atom is -0.497 e. The fraction of sp³-hybridized carbons (Fsp3) is 0.409. The van der Waals surface area contributed by atoms with Gasteiger partial charge >= 0.3 is 0 Å². The summed E-state index contributed by atoms with van der Waals surface area (Å²) in [6.07, 6.45) is 1.82. The summed E-state index contributed by atoms with van der Waals surface area (Å²) < 4.78 is 5.33. The molecule has 0 spiro atoms. The SMILES string of the molecule is CCCC(C(=O)NCC(c1cccc(OC)c1)N(C)C)c1ccccc1. The number of nitrogens with zero attached hydrogens (tertiary/aromatic N) is 1. The van der Waals surface area contributed by atoms with E-state index in [1.165, 1.54) is 0 Å². The largest absolute Gasteiger partial charge is 0.497 e. The molecule has 2 unspecified atom stereocenters. The van der Waals surface area contributed by atoms with Crippen LogP contribution in [0.25, 0.3) is 0 Å². The molecule has 0 aliphatic rings. The Morgan fingerprint density at radius 2 is 1.77 bits per heavy atom. The van der Waals surface area contributed by atoms with Gasteiger partial charge in [-0.15, -0.1) is 0 Å². The van der Waals surface area contributed by atoms with Gasteiger partial charge in [0.25, 0.3) is 0 Å². The van der Waals surface area contributed by atoms with E-state index in [1.54, 1.807) is 7.11 Å². The summed E-state index contributed by atoms with van der Waals surface area (Å²) in [4.78, 5) is 15.0. The molecule has 2 aromatic carbocycles. The number of carbonyl (C=O) groups is 1. The van der Waals surface area contributed by atoms with Gasteiger partial charge in [0, 0.05) is 6.54 Å². The van der Waals surface area contributed by atoms with Gasteiger partial charge in [0.2, 0.25) is 5.91 Å². The summed E-state index contributed by atoms with van der Waals surface area (Å²) in [7, 11) is 5.72. The van der Waals surface area contributed by atoms with Crippen LogP contribution in [-0.4, -0.2) is 38.6 Å². The first-order valence-electron chi connectivity index (χ1n) is 9.19. The molecule has 0 aliphatic heterocycles. The Morgan fingerprint density at radius 3 is 2.38 bits per heavy atom. The molecule has 140 valence electrons. The highest BCUT2D eigenvalue weighted by Crippen LogP contribution is 2.24. The standard InChI is InChI=1S/C22H30N2O2/c1-5-10-20(17-11-7-6-8-12-17)22(25)23-16-21(24(2)3)18-13-9-14-19(15-18)26-4/h6-9,11-15,20-21H,5,10,16H2,1-4H3,(H,23,25). The molecule has 0 radical (unpaired) electrons. The molecule has 0 saturated heterocycles. The minimum absolute atomic E-state index is 0.0899. The predicted molar refractivity (Wildman–Crippen MR) is 107 cm³/mol. The molecule has 0 fully saturated rings. The Morgan fingerprint density at radius 1 is 1.08 bits per heavy atom. The normalized spacial score (nSPS) is 13.3. The molecule has 26 heavy (non-hydrogen) atoms. The van der Waals surface area contributed by atoms with Crippen LogP contribution >= 0.6 is 0 Å². The number of benzene rings is 2. The van der Waals surface area contributed by atoms with Gasteiger partial charge in [0.1, 0.15) is 5.75 Å². The zero-order chi connectivity index (χ0) is 18.9. The van der Waals surface area contributed by atoms with Crippen LogP contribution < -0.4 is 10.1 Å². The van der Waals surface area contributed by atoms with Gasteiger partial charge in [-0.05, 0) is 43.8 Å². The van der Waals surface area contributed by atoms with E-state index in [0.29, 0.717) is 6.54 Å². The number of likely N-dealkylation sites (N-methyl/N-ethyl adjacent to an activating group) is 1. The number of rotatable bonds is 9. The number of ether oxygens (including phenoxy) is 1. The maximum Gasteiger partial charge on any atom is 0.227 e. The highest BCUT2D eigenvalue weighted by molar-refractivity contribution is 5.83. The van der Waals surface area contributed by atoms with Crippen LogP contribution in [0.4, 0.5) is 0 Å². The second-order valence-corrected chi connectivity index (χ2v) is 6.75. The Hall–Kier alpha value is -2.33. The first kappa shape index (κ1) is 20.0. The third kappa shape index (κ3) is 5.33. The summed E-state index contributed by atoms with van der Waals surface area (Å²) >= 11 is 0. The maximum absolute atomic E-state index is 12.9. The summed E-state index contributed by atoms with van der Waals surface area (Å²) in [5, 5.41) is 3.16. The Bertz CT molecular complexity index is 686. The lowest BCUT2D eigenvalue weighted by Crippen LogP contribution is -2.37. The highest BCUT2D eigenvalue weighted by Gasteiger charge is 2.22. The van der Waals surface area contributed by atoms with Crippen molar-refractivity contribution < 1.29 is 9.53 Å². The van der Waals surface area contributed by atoms with Gasteiger partial charge in [0.05, 0.1) is 19.1 Å². The first-order valence-corrected chi connectivity index (χ1v) is 9.19. The van der Waals surface area contributed by atoms with E-state index in [0.717, 1.165) is 29.7 Å². The number of hydrogen-bond acceptors (Lipinski definition) is 3. The summed E-state index contributed by atoms with van der Waals surface area (Å²) in [6.45, 7) is 2.67. The molecular weight excluding hydrogens is 324 g/mol. The van der Waals surface area contributed by atoms with Crippen molar-refractivity contribution in [3.63, 3.8) is 0 Å². The lowest BCUT2D eigenvalue weighted by atomic mass is 9.93. The maximum atomic E-state index is 12.9. The van der Waals surface area contributed by atoms with Gasteiger partial charge < -0.3 is 15.0 Å². The predicted octanol–water partition coefficient (Wildman–Crippen LogP) is 4.00. The number of methoxy groups -OCH3 is 1. The molecule has 2 atom stereocenters. The van der Waals surface area contributed by atoms with E-state index < -0.39 is 0 Å². The zero-order valence-corrected chi connectivity index (χ0v) is 16.2. The first-order chi connectivity index (χ1) is 12.6. The highest BCUT2D eigenvalue weighted by atomic mass is 16.5. The lowest BCUT2D eigenvalue weighted by Gasteiger charge is -2.26. The molecule has 4 heteroatoms. The van der Waals surface area contributed by atoms with Gasteiger partial charge in [-0.25, -0.2) is 0 Å². The second-order valence-electron chi connectivity index (χ2n) is 6.75. The van der Waals surface area contributed by atoms with Crippen LogP contribution in [0.15, 0.2) is 54.6 Å². The Balaban J connectivity index is 2.10. The number of hydrogen-bond donors (Lipinski definition) is 1. The molecule has 4 nitrogen and oxygen atoms in total. The van der Waals surface area contributed by atoms with Crippen LogP contribution in [0.5, 0.6) is 5.75 Å². The van der Waals surface area contributed by atoms with Crippen molar-refractivity contribution in [2.75, 3.05) is 27.7 Å². The number of nitrogens with one attached hydrogen (secondary N) is 1. The summed E-state index contributed by atoms with van der Waals surface area (Å²) in [5.74, 6) is 0.816. The van der Waals surface area contributed by atoms with Crippen LogP contribution in [-0.2, 0) is 4.79 Å². The van der Waals surface area contributed by atoms with Crippen LogP contribution in [0.3, 0.4) is 0 Å².